The first kappa shape index (κ1) is 17.6. The summed E-state index contributed by atoms with van der Waals surface area (Å²) in [6.07, 6.45) is 0. The molecule has 23 heavy (non-hydrogen) atoms. The fourth-order valence-electron chi connectivity index (χ4n) is 2.48. The molecule has 1 heterocycles. The van der Waals surface area contributed by atoms with Crippen LogP contribution in [-0.2, 0) is 23.6 Å². The normalized spacial score (nSPS) is 12.1. The standard InChI is InChI=1S/C15H19F2N3O2S/c1-5-20(9-12-13(16)7-6-8-14(12)17)23(21,22)15-10(2)18-19(4)11(15)3/h6-8H,5,9H2,1-4H3. The van der Waals surface area contributed by atoms with Gasteiger partial charge in [-0.05, 0) is 26.0 Å². The predicted octanol–water partition coefficient (Wildman–Crippen LogP) is 2.53. The molecular formula is C15H19F2N3O2S. The maximum Gasteiger partial charge on any atom is 0.247 e. The molecule has 0 aliphatic heterocycles. The topological polar surface area (TPSA) is 55.2 Å². The van der Waals surface area contributed by atoms with Crippen molar-refractivity contribution < 1.29 is 17.2 Å². The molecule has 0 aliphatic rings. The quantitative estimate of drug-likeness (QED) is 0.838. The Bertz CT molecular complexity index is 811. The number of nitrogens with zero attached hydrogens (tertiary/aromatic N) is 3. The van der Waals surface area contributed by atoms with Crippen LogP contribution in [0.4, 0.5) is 8.78 Å². The lowest BCUT2D eigenvalue weighted by Gasteiger charge is -2.21. The Hall–Kier alpha value is -1.80. The average molecular weight is 343 g/mol. The number of benzene rings is 1. The zero-order chi connectivity index (χ0) is 17.4. The van der Waals surface area contributed by atoms with Crippen LogP contribution >= 0.6 is 0 Å². The lowest BCUT2D eigenvalue weighted by atomic mass is 10.2. The van der Waals surface area contributed by atoms with E-state index in [4.69, 9.17) is 0 Å². The summed E-state index contributed by atoms with van der Waals surface area (Å²) in [6, 6.07) is 3.47. The van der Waals surface area contributed by atoms with Crippen molar-refractivity contribution in [3.63, 3.8) is 0 Å². The number of hydrogen-bond acceptors (Lipinski definition) is 3. The van der Waals surface area contributed by atoms with Crippen molar-refractivity contribution in [1.29, 1.82) is 0 Å². The largest absolute Gasteiger partial charge is 0.271 e. The first-order valence-corrected chi connectivity index (χ1v) is 8.57. The molecule has 0 amide bonds. The molecule has 0 radical (unpaired) electrons. The second kappa shape index (κ2) is 6.37. The summed E-state index contributed by atoms with van der Waals surface area (Å²) in [5.41, 5.74) is 0.574. The van der Waals surface area contributed by atoms with Crippen molar-refractivity contribution in [2.75, 3.05) is 6.54 Å². The van der Waals surface area contributed by atoms with Crippen LogP contribution in [0, 0.1) is 25.5 Å². The van der Waals surface area contributed by atoms with Gasteiger partial charge in [0.15, 0.2) is 0 Å². The van der Waals surface area contributed by atoms with Crippen LogP contribution in [0.1, 0.15) is 23.9 Å². The van der Waals surface area contributed by atoms with E-state index in [2.05, 4.69) is 5.10 Å². The molecule has 0 fully saturated rings. The number of aryl methyl sites for hydroxylation is 2. The van der Waals surface area contributed by atoms with E-state index >= 15 is 0 Å². The van der Waals surface area contributed by atoms with Gasteiger partial charge >= 0.3 is 0 Å². The Morgan fingerprint density at radius 2 is 1.78 bits per heavy atom. The fraction of sp³-hybridized carbons (Fsp3) is 0.400. The van der Waals surface area contributed by atoms with Gasteiger partial charge in [-0.3, -0.25) is 4.68 Å². The molecule has 0 spiro atoms. The molecule has 0 saturated carbocycles. The third-order valence-corrected chi connectivity index (χ3v) is 5.96. The second-order valence-electron chi connectivity index (χ2n) is 5.25. The Morgan fingerprint density at radius 3 is 2.22 bits per heavy atom. The Labute approximate surface area is 134 Å². The lowest BCUT2D eigenvalue weighted by Crippen LogP contribution is -2.32. The molecule has 1 aromatic carbocycles. The van der Waals surface area contributed by atoms with E-state index < -0.39 is 21.7 Å². The van der Waals surface area contributed by atoms with E-state index in [1.54, 1.807) is 27.8 Å². The summed E-state index contributed by atoms with van der Waals surface area (Å²) in [6.45, 7) is 4.58. The van der Waals surface area contributed by atoms with Gasteiger partial charge in [-0.2, -0.15) is 9.40 Å². The van der Waals surface area contributed by atoms with E-state index in [0.717, 1.165) is 16.4 Å². The number of rotatable bonds is 5. The van der Waals surface area contributed by atoms with Crippen molar-refractivity contribution in [2.45, 2.75) is 32.2 Å². The number of aromatic nitrogens is 2. The highest BCUT2D eigenvalue weighted by Gasteiger charge is 2.30. The van der Waals surface area contributed by atoms with Crippen molar-refractivity contribution in [3.05, 3.63) is 46.8 Å². The van der Waals surface area contributed by atoms with Crippen LogP contribution in [0.15, 0.2) is 23.1 Å². The van der Waals surface area contributed by atoms with Gasteiger partial charge in [0, 0.05) is 25.7 Å². The van der Waals surface area contributed by atoms with Gasteiger partial charge in [-0.25, -0.2) is 17.2 Å². The van der Waals surface area contributed by atoms with E-state index in [1.807, 2.05) is 0 Å². The van der Waals surface area contributed by atoms with E-state index in [9.17, 15) is 17.2 Å². The maximum atomic E-state index is 13.8. The second-order valence-corrected chi connectivity index (χ2v) is 7.13. The molecular weight excluding hydrogens is 324 g/mol. The molecule has 1 aromatic heterocycles. The molecule has 8 heteroatoms. The van der Waals surface area contributed by atoms with Crippen molar-refractivity contribution >= 4 is 10.0 Å². The molecule has 0 aliphatic carbocycles. The minimum absolute atomic E-state index is 0.0820. The minimum Gasteiger partial charge on any atom is -0.271 e. The van der Waals surface area contributed by atoms with Crippen LogP contribution < -0.4 is 0 Å². The highest BCUT2D eigenvalue weighted by molar-refractivity contribution is 7.89. The zero-order valence-corrected chi connectivity index (χ0v) is 14.3. The van der Waals surface area contributed by atoms with E-state index in [1.165, 1.54) is 10.7 Å². The predicted molar refractivity (Wildman–Crippen MR) is 82.3 cm³/mol. The monoisotopic (exact) mass is 343 g/mol. The van der Waals surface area contributed by atoms with Crippen molar-refractivity contribution in [3.8, 4) is 0 Å². The SMILES string of the molecule is CCN(Cc1c(F)cccc1F)S(=O)(=O)c1c(C)nn(C)c1C. The van der Waals surface area contributed by atoms with Gasteiger partial charge in [-0.1, -0.05) is 13.0 Å². The molecule has 0 atom stereocenters. The lowest BCUT2D eigenvalue weighted by molar-refractivity contribution is 0.404. The fourth-order valence-corrected chi connectivity index (χ4v) is 4.30. The van der Waals surface area contributed by atoms with Crippen LogP contribution in [-0.4, -0.2) is 29.0 Å². The number of halogens is 2. The van der Waals surface area contributed by atoms with Crippen LogP contribution in [0.2, 0.25) is 0 Å². The molecule has 2 aromatic rings. The van der Waals surface area contributed by atoms with Gasteiger partial charge in [0.25, 0.3) is 0 Å². The van der Waals surface area contributed by atoms with Gasteiger partial charge in [0.1, 0.15) is 16.5 Å². The van der Waals surface area contributed by atoms with Gasteiger partial charge in [0.05, 0.1) is 11.4 Å². The molecule has 0 saturated heterocycles. The minimum atomic E-state index is -3.91. The number of sulfonamides is 1. The molecule has 0 unspecified atom stereocenters. The van der Waals surface area contributed by atoms with E-state index in [-0.39, 0.29) is 23.5 Å². The first-order chi connectivity index (χ1) is 10.7. The van der Waals surface area contributed by atoms with E-state index in [0.29, 0.717) is 11.4 Å². The molecule has 0 bridgehead atoms. The Kier molecular flexibility index (Phi) is 4.86. The Balaban J connectivity index is 2.48. The molecule has 0 N–H and O–H groups in total. The molecule has 2 rings (SSSR count). The summed E-state index contributed by atoms with van der Waals surface area (Å²) in [5, 5.41) is 4.10. The third-order valence-electron chi connectivity index (χ3n) is 3.79. The van der Waals surface area contributed by atoms with Crippen molar-refractivity contribution in [2.24, 2.45) is 7.05 Å². The van der Waals surface area contributed by atoms with Crippen molar-refractivity contribution in [1.82, 2.24) is 14.1 Å². The molecule has 126 valence electrons. The summed E-state index contributed by atoms with van der Waals surface area (Å²) in [5.74, 6) is -1.53. The van der Waals surface area contributed by atoms with Crippen LogP contribution in [0.3, 0.4) is 0 Å². The van der Waals surface area contributed by atoms with Crippen LogP contribution in [0.25, 0.3) is 0 Å². The first-order valence-electron chi connectivity index (χ1n) is 7.13. The highest BCUT2D eigenvalue weighted by Crippen LogP contribution is 2.25. The number of hydrogen-bond donors (Lipinski definition) is 0. The molecule has 5 nitrogen and oxygen atoms in total. The maximum absolute atomic E-state index is 13.8. The highest BCUT2D eigenvalue weighted by atomic mass is 32.2. The summed E-state index contributed by atoms with van der Waals surface area (Å²) in [7, 11) is -2.26. The van der Waals surface area contributed by atoms with Gasteiger partial charge in [0.2, 0.25) is 10.0 Å². The summed E-state index contributed by atoms with van der Waals surface area (Å²) >= 11 is 0. The smallest absolute Gasteiger partial charge is 0.247 e. The van der Waals surface area contributed by atoms with Gasteiger partial charge in [-0.15, -0.1) is 0 Å². The summed E-state index contributed by atoms with van der Waals surface area (Å²) < 4.78 is 55.9. The average Bonchev–Trinajstić information content (AvgIpc) is 2.72. The zero-order valence-electron chi connectivity index (χ0n) is 13.5. The van der Waals surface area contributed by atoms with Crippen LogP contribution in [0.5, 0.6) is 0 Å². The summed E-state index contributed by atoms with van der Waals surface area (Å²) in [4.78, 5) is 0.0820. The Morgan fingerprint density at radius 1 is 1.22 bits per heavy atom. The third kappa shape index (κ3) is 3.13. The van der Waals surface area contributed by atoms with Gasteiger partial charge < -0.3 is 0 Å².